The standard InChI is InChI=1S/C13H11Br2FN2O2/c1-20-6-5-18-12(9(14)7-17-18)13(19)8-3-2-4-10(16)11(8)15/h2-4,7H,5-6H2,1H3. The number of carbonyl (C=O) groups is 1. The van der Waals surface area contributed by atoms with Crippen molar-refractivity contribution in [2.45, 2.75) is 6.54 Å². The predicted octanol–water partition coefficient (Wildman–Crippen LogP) is 3.42. The number of ether oxygens (including phenoxy) is 1. The molecule has 0 amide bonds. The van der Waals surface area contributed by atoms with Gasteiger partial charge in [0.05, 0.1) is 28.3 Å². The van der Waals surface area contributed by atoms with Gasteiger partial charge in [0.2, 0.25) is 5.78 Å². The Morgan fingerprint density at radius 2 is 2.20 bits per heavy atom. The van der Waals surface area contributed by atoms with Gasteiger partial charge in [-0.25, -0.2) is 4.39 Å². The summed E-state index contributed by atoms with van der Waals surface area (Å²) in [5.41, 5.74) is 0.623. The van der Waals surface area contributed by atoms with Gasteiger partial charge in [-0.1, -0.05) is 6.07 Å². The van der Waals surface area contributed by atoms with Gasteiger partial charge in [0.25, 0.3) is 0 Å². The lowest BCUT2D eigenvalue weighted by atomic mass is 10.1. The van der Waals surface area contributed by atoms with Crippen LogP contribution in [0.15, 0.2) is 33.3 Å². The molecule has 0 saturated heterocycles. The molecule has 0 atom stereocenters. The molecular formula is C13H11Br2FN2O2. The summed E-state index contributed by atoms with van der Waals surface area (Å²) in [5.74, 6) is -0.785. The van der Waals surface area contributed by atoms with Crippen molar-refractivity contribution < 1.29 is 13.9 Å². The van der Waals surface area contributed by atoms with Crippen molar-refractivity contribution in [1.82, 2.24) is 9.78 Å². The Bertz CT molecular complexity index is 643. The summed E-state index contributed by atoms with van der Waals surface area (Å²) in [6.45, 7) is 0.870. The van der Waals surface area contributed by atoms with Crippen molar-refractivity contribution in [2.75, 3.05) is 13.7 Å². The van der Waals surface area contributed by atoms with Gasteiger partial charge >= 0.3 is 0 Å². The highest BCUT2D eigenvalue weighted by molar-refractivity contribution is 9.11. The van der Waals surface area contributed by atoms with E-state index in [1.807, 2.05) is 0 Å². The average molecular weight is 406 g/mol. The molecule has 0 aliphatic rings. The predicted molar refractivity (Wildman–Crippen MR) is 79.3 cm³/mol. The largest absolute Gasteiger partial charge is 0.383 e. The van der Waals surface area contributed by atoms with Crippen LogP contribution in [-0.2, 0) is 11.3 Å². The van der Waals surface area contributed by atoms with Crippen LogP contribution in [-0.4, -0.2) is 29.3 Å². The molecule has 0 aliphatic carbocycles. The van der Waals surface area contributed by atoms with Crippen LogP contribution in [0.3, 0.4) is 0 Å². The summed E-state index contributed by atoms with van der Waals surface area (Å²) in [5, 5.41) is 4.11. The minimum Gasteiger partial charge on any atom is -0.383 e. The maximum atomic E-state index is 13.5. The van der Waals surface area contributed by atoms with Crippen LogP contribution in [0.4, 0.5) is 4.39 Å². The van der Waals surface area contributed by atoms with Crippen molar-refractivity contribution in [1.29, 1.82) is 0 Å². The molecular weight excluding hydrogens is 395 g/mol. The SMILES string of the molecule is COCCn1ncc(Br)c1C(=O)c1cccc(F)c1Br. The fourth-order valence-corrected chi connectivity index (χ4v) is 2.66. The molecule has 0 radical (unpaired) electrons. The molecule has 0 saturated carbocycles. The van der Waals surface area contributed by atoms with Crippen molar-refractivity contribution in [3.8, 4) is 0 Å². The van der Waals surface area contributed by atoms with Crippen molar-refractivity contribution in [3.63, 3.8) is 0 Å². The number of carbonyl (C=O) groups excluding carboxylic acids is 1. The second-order valence-electron chi connectivity index (χ2n) is 3.99. The zero-order valence-electron chi connectivity index (χ0n) is 10.6. The first-order chi connectivity index (χ1) is 9.56. The van der Waals surface area contributed by atoms with E-state index < -0.39 is 5.82 Å². The van der Waals surface area contributed by atoms with Crippen LogP contribution in [0.25, 0.3) is 0 Å². The van der Waals surface area contributed by atoms with Crippen LogP contribution in [0, 0.1) is 5.82 Å². The van der Waals surface area contributed by atoms with Gasteiger partial charge < -0.3 is 4.74 Å². The van der Waals surface area contributed by atoms with E-state index in [4.69, 9.17) is 4.74 Å². The lowest BCUT2D eigenvalue weighted by Gasteiger charge is -2.08. The van der Waals surface area contributed by atoms with E-state index in [2.05, 4.69) is 37.0 Å². The van der Waals surface area contributed by atoms with Gasteiger partial charge in [0, 0.05) is 12.7 Å². The number of halogens is 3. The van der Waals surface area contributed by atoms with E-state index in [9.17, 15) is 9.18 Å². The Hall–Kier alpha value is -1.05. The number of methoxy groups -OCH3 is 1. The molecule has 1 aromatic heterocycles. The third-order valence-electron chi connectivity index (χ3n) is 2.71. The fraction of sp³-hybridized carbons (Fsp3) is 0.231. The number of hydrogen-bond donors (Lipinski definition) is 0. The zero-order chi connectivity index (χ0) is 14.7. The fourth-order valence-electron chi connectivity index (χ4n) is 1.74. The molecule has 106 valence electrons. The van der Waals surface area contributed by atoms with Gasteiger partial charge in [-0.05, 0) is 44.0 Å². The molecule has 0 aliphatic heterocycles. The van der Waals surface area contributed by atoms with Gasteiger partial charge in [0.1, 0.15) is 11.5 Å². The molecule has 0 bridgehead atoms. The Balaban J connectivity index is 2.43. The lowest BCUT2D eigenvalue weighted by molar-refractivity contribution is 0.102. The first-order valence-electron chi connectivity index (χ1n) is 5.75. The van der Waals surface area contributed by atoms with Gasteiger partial charge in [0.15, 0.2) is 0 Å². The summed E-state index contributed by atoms with van der Waals surface area (Å²) in [7, 11) is 1.57. The smallest absolute Gasteiger partial charge is 0.213 e. The topological polar surface area (TPSA) is 44.1 Å². The molecule has 0 spiro atoms. The molecule has 0 N–H and O–H groups in total. The van der Waals surface area contributed by atoms with Crippen LogP contribution in [0.2, 0.25) is 0 Å². The molecule has 1 aromatic carbocycles. The summed E-state index contributed by atoms with van der Waals surface area (Å²) >= 11 is 6.40. The van der Waals surface area contributed by atoms with Crippen molar-refractivity contribution in [3.05, 3.63) is 50.4 Å². The van der Waals surface area contributed by atoms with E-state index >= 15 is 0 Å². The number of hydrogen-bond acceptors (Lipinski definition) is 3. The first-order valence-corrected chi connectivity index (χ1v) is 7.33. The highest BCUT2D eigenvalue weighted by atomic mass is 79.9. The molecule has 2 aromatic rings. The molecule has 7 heteroatoms. The average Bonchev–Trinajstić information content (AvgIpc) is 2.80. The summed E-state index contributed by atoms with van der Waals surface area (Å²) in [4.78, 5) is 12.6. The third kappa shape index (κ3) is 2.99. The number of rotatable bonds is 5. The van der Waals surface area contributed by atoms with Crippen LogP contribution >= 0.6 is 31.9 Å². The molecule has 2 rings (SSSR count). The molecule has 20 heavy (non-hydrogen) atoms. The minimum atomic E-state index is -0.477. The zero-order valence-corrected chi connectivity index (χ0v) is 13.7. The first kappa shape index (κ1) is 15.3. The second kappa shape index (κ2) is 6.60. The van der Waals surface area contributed by atoms with Crippen molar-refractivity contribution >= 4 is 37.6 Å². The molecule has 1 heterocycles. The third-order valence-corrected chi connectivity index (χ3v) is 4.10. The summed E-state index contributed by atoms with van der Waals surface area (Å²) in [6, 6.07) is 4.35. The van der Waals surface area contributed by atoms with Crippen molar-refractivity contribution in [2.24, 2.45) is 0 Å². The van der Waals surface area contributed by atoms with E-state index in [0.717, 1.165) is 0 Å². The van der Waals surface area contributed by atoms with Crippen LogP contribution in [0.1, 0.15) is 16.1 Å². The maximum absolute atomic E-state index is 13.5. The highest BCUT2D eigenvalue weighted by Crippen LogP contribution is 2.26. The van der Waals surface area contributed by atoms with Crippen LogP contribution < -0.4 is 0 Å². The monoisotopic (exact) mass is 404 g/mol. The Kier molecular flexibility index (Phi) is 5.06. The van der Waals surface area contributed by atoms with Crippen LogP contribution in [0.5, 0.6) is 0 Å². The van der Waals surface area contributed by atoms with E-state index in [-0.39, 0.29) is 15.8 Å². The number of ketones is 1. The van der Waals surface area contributed by atoms with Gasteiger partial charge in [-0.3, -0.25) is 9.48 Å². The van der Waals surface area contributed by atoms with E-state index in [1.165, 1.54) is 23.0 Å². The Labute approximate surface area is 132 Å². The number of benzene rings is 1. The Morgan fingerprint density at radius 3 is 2.90 bits per heavy atom. The molecule has 0 unspecified atom stereocenters. The van der Waals surface area contributed by atoms with E-state index in [0.29, 0.717) is 23.3 Å². The number of nitrogens with zero attached hydrogens (tertiary/aromatic N) is 2. The van der Waals surface area contributed by atoms with Gasteiger partial charge in [-0.2, -0.15) is 5.10 Å². The summed E-state index contributed by atoms with van der Waals surface area (Å²) < 4.78 is 20.8. The molecule has 4 nitrogen and oxygen atoms in total. The summed E-state index contributed by atoms with van der Waals surface area (Å²) in [6.07, 6.45) is 1.54. The second-order valence-corrected chi connectivity index (χ2v) is 5.63. The lowest BCUT2D eigenvalue weighted by Crippen LogP contribution is -2.15. The quantitative estimate of drug-likeness (QED) is 0.716. The molecule has 0 fully saturated rings. The Morgan fingerprint density at radius 1 is 1.45 bits per heavy atom. The van der Waals surface area contributed by atoms with Gasteiger partial charge in [-0.15, -0.1) is 0 Å². The number of aromatic nitrogens is 2. The van der Waals surface area contributed by atoms with E-state index in [1.54, 1.807) is 13.2 Å². The highest BCUT2D eigenvalue weighted by Gasteiger charge is 2.22. The normalized spacial score (nSPS) is 10.8. The minimum absolute atomic E-state index is 0.149. The maximum Gasteiger partial charge on any atom is 0.213 e.